The number of nitrogens with two attached hydrogens (primary N) is 1. The van der Waals surface area contributed by atoms with Crippen LogP contribution in [0.25, 0.3) is 10.9 Å². The summed E-state index contributed by atoms with van der Waals surface area (Å²) in [7, 11) is 2.10. The Labute approximate surface area is 116 Å². The Kier molecular flexibility index (Phi) is 3.31. The lowest BCUT2D eigenvalue weighted by atomic mass is 10.2. The van der Waals surface area contributed by atoms with Gasteiger partial charge in [-0.2, -0.15) is 0 Å². The normalized spacial score (nSPS) is 14.9. The van der Waals surface area contributed by atoms with Crippen molar-refractivity contribution < 1.29 is 4.74 Å². The largest absolute Gasteiger partial charge is 0.490 e. The second-order valence-electron chi connectivity index (χ2n) is 5.20. The molecule has 20 heavy (non-hydrogen) atoms. The maximum Gasteiger partial charge on any atom is 0.258 e. The van der Waals surface area contributed by atoms with Crippen LogP contribution < -0.4 is 16.0 Å². The summed E-state index contributed by atoms with van der Waals surface area (Å²) in [5.74, 6) is 0.583. The Morgan fingerprint density at radius 3 is 3.05 bits per heavy atom. The molecule has 1 aliphatic carbocycles. The lowest BCUT2D eigenvalue weighted by molar-refractivity contribution is 0.233. The lowest BCUT2D eigenvalue weighted by Gasteiger charge is -2.16. The van der Waals surface area contributed by atoms with E-state index in [-0.39, 0.29) is 5.56 Å². The molecule has 0 atom stereocenters. The van der Waals surface area contributed by atoms with Crippen molar-refractivity contribution in [2.75, 3.05) is 25.9 Å². The van der Waals surface area contributed by atoms with Crippen LogP contribution in [0.15, 0.2) is 23.3 Å². The minimum atomic E-state index is -0.193. The van der Waals surface area contributed by atoms with Crippen molar-refractivity contribution in [3.05, 3.63) is 28.8 Å². The molecule has 0 amide bonds. The zero-order valence-corrected chi connectivity index (χ0v) is 11.4. The topological polar surface area (TPSA) is 84.2 Å². The molecule has 0 radical (unpaired) electrons. The molecule has 3 rings (SSSR count). The summed E-state index contributed by atoms with van der Waals surface area (Å²) in [5, 5.41) is 0.479. The average Bonchev–Trinajstić information content (AvgIpc) is 3.25. The van der Waals surface area contributed by atoms with Gasteiger partial charge in [0.05, 0.1) is 22.9 Å². The number of nitrogens with one attached hydrogen (secondary N) is 1. The molecule has 0 bridgehead atoms. The van der Waals surface area contributed by atoms with Crippen molar-refractivity contribution in [1.82, 2.24) is 14.9 Å². The van der Waals surface area contributed by atoms with Crippen molar-refractivity contribution in [2.45, 2.75) is 18.9 Å². The number of nitrogen functional groups attached to an aromatic ring is 1. The highest BCUT2D eigenvalue weighted by atomic mass is 16.5. The molecular weight excluding hydrogens is 256 g/mol. The molecule has 1 aliphatic rings. The number of rotatable bonds is 5. The highest BCUT2D eigenvalue weighted by molar-refractivity contribution is 5.84. The van der Waals surface area contributed by atoms with Crippen LogP contribution in [-0.4, -0.2) is 41.1 Å². The van der Waals surface area contributed by atoms with Crippen molar-refractivity contribution in [1.29, 1.82) is 0 Å². The molecule has 1 fully saturated rings. The van der Waals surface area contributed by atoms with Crippen LogP contribution >= 0.6 is 0 Å². The zero-order valence-electron chi connectivity index (χ0n) is 11.4. The molecule has 1 aromatic carbocycles. The van der Waals surface area contributed by atoms with E-state index in [2.05, 4.69) is 21.9 Å². The maximum absolute atomic E-state index is 11.6. The van der Waals surface area contributed by atoms with Gasteiger partial charge < -0.3 is 20.4 Å². The van der Waals surface area contributed by atoms with E-state index in [4.69, 9.17) is 10.5 Å². The number of aromatic amines is 1. The molecule has 2 aromatic rings. The first-order chi connectivity index (χ1) is 9.65. The summed E-state index contributed by atoms with van der Waals surface area (Å²) in [5.41, 5.74) is 6.79. The zero-order chi connectivity index (χ0) is 14.1. The Bertz CT molecular complexity index is 678. The molecule has 6 heteroatoms. The van der Waals surface area contributed by atoms with Gasteiger partial charge in [-0.3, -0.25) is 4.79 Å². The second kappa shape index (κ2) is 5.13. The number of hydrogen-bond acceptors (Lipinski definition) is 5. The van der Waals surface area contributed by atoms with Gasteiger partial charge in [-0.05, 0) is 26.0 Å². The Balaban J connectivity index is 1.74. The van der Waals surface area contributed by atoms with Crippen molar-refractivity contribution in [3.63, 3.8) is 0 Å². The van der Waals surface area contributed by atoms with E-state index in [1.165, 1.54) is 19.2 Å². The van der Waals surface area contributed by atoms with E-state index in [1.807, 2.05) is 0 Å². The lowest BCUT2D eigenvalue weighted by Crippen LogP contribution is -2.26. The number of aromatic nitrogens is 2. The Morgan fingerprint density at radius 1 is 1.50 bits per heavy atom. The molecule has 3 N–H and O–H groups in total. The number of anilines is 1. The minimum Gasteiger partial charge on any atom is -0.490 e. The second-order valence-corrected chi connectivity index (χ2v) is 5.20. The van der Waals surface area contributed by atoms with Crippen LogP contribution in [-0.2, 0) is 0 Å². The maximum atomic E-state index is 11.6. The van der Waals surface area contributed by atoms with E-state index in [9.17, 15) is 4.79 Å². The molecule has 1 saturated carbocycles. The quantitative estimate of drug-likeness (QED) is 0.794. The summed E-state index contributed by atoms with van der Waals surface area (Å²) in [6, 6.07) is 4.05. The molecule has 1 heterocycles. The number of benzene rings is 1. The standard InChI is InChI=1S/C14H18N4O2/c1-18(9-2-3-9)4-5-20-13-7-12-10(6-11(13)15)14(19)17-8-16-12/h6-9H,2-5,15H2,1H3,(H,16,17,19). The molecule has 6 nitrogen and oxygen atoms in total. The van der Waals surface area contributed by atoms with Gasteiger partial charge in [0.15, 0.2) is 0 Å². The number of nitrogens with zero attached hydrogens (tertiary/aromatic N) is 2. The number of fused-ring (bicyclic) bond motifs is 1. The molecule has 1 aromatic heterocycles. The van der Waals surface area contributed by atoms with Gasteiger partial charge in [0.25, 0.3) is 5.56 Å². The van der Waals surface area contributed by atoms with Crippen molar-refractivity contribution in [3.8, 4) is 5.75 Å². The molecule has 106 valence electrons. The van der Waals surface area contributed by atoms with Crippen LogP contribution in [0.4, 0.5) is 5.69 Å². The van der Waals surface area contributed by atoms with Gasteiger partial charge in [0.1, 0.15) is 12.4 Å². The molecule has 0 aliphatic heterocycles. The monoisotopic (exact) mass is 274 g/mol. The number of hydrogen-bond donors (Lipinski definition) is 2. The molecular formula is C14H18N4O2. The first kappa shape index (κ1) is 12.9. The molecule has 0 saturated heterocycles. The average molecular weight is 274 g/mol. The smallest absolute Gasteiger partial charge is 0.258 e. The van der Waals surface area contributed by atoms with Gasteiger partial charge in [-0.15, -0.1) is 0 Å². The summed E-state index contributed by atoms with van der Waals surface area (Å²) >= 11 is 0. The van der Waals surface area contributed by atoms with Gasteiger partial charge >= 0.3 is 0 Å². The van der Waals surface area contributed by atoms with E-state index in [1.54, 1.807) is 12.1 Å². The van der Waals surface area contributed by atoms with Crippen LogP contribution in [0.3, 0.4) is 0 Å². The highest BCUT2D eigenvalue weighted by Crippen LogP contribution is 2.27. The Hall–Kier alpha value is -2.08. The summed E-state index contributed by atoms with van der Waals surface area (Å²) in [4.78, 5) is 20.6. The Morgan fingerprint density at radius 2 is 2.30 bits per heavy atom. The van der Waals surface area contributed by atoms with Crippen LogP contribution in [0.2, 0.25) is 0 Å². The summed E-state index contributed by atoms with van der Waals surface area (Å²) in [6.07, 6.45) is 3.94. The number of likely N-dealkylation sites (N-methyl/N-ethyl adjacent to an activating group) is 1. The summed E-state index contributed by atoms with van der Waals surface area (Å²) < 4.78 is 5.71. The fourth-order valence-corrected chi connectivity index (χ4v) is 2.24. The first-order valence-electron chi connectivity index (χ1n) is 6.75. The van der Waals surface area contributed by atoms with Gasteiger partial charge in [-0.1, -0.05) is 0 Å². The number of ether oxygens (including phenoxy) is 1. The summed E-state index contributed by atoms with van der Waals surface area (Å²) in [6.45, 7) is 1.44. The van der Waals surface area contributed by atoms with Crippen LogP contribution in [0, 0.1) is 0 Å². The first-order valence-corrected chi connectivity index (χ1v) is 6.75. The SMILES string of the molecule is CN(CCOc1cc2nc[nH]c(=O)c2cc1N)C1CC1. The molecule has 0 spiro atoms. The van der Waals surface area contributed by atoms with Crippen LogP contribution in [0.5, 0.6) is 5.75 Å². The van der Waals surface area contributed by atoms with Crippen molar-refractivity contribution >= 4 is 16.6 Å². The fourth-order valence-electron chi connectivity index (χ4n) is 2.24. The van der Waals surface area contributed by atoms with Crippen LogP contribution in [0.1, 0.15) is 12.8 Å². The van der Waals surface area contributed by atoms with Gasteiger partial charge in [-0.25, -0.2) is 4.98 Å². The minimum absolute atomic E-state index is 0.193. The van der Waals surface area contributed by atoms with Gasteiger partial charge in [0, 0.05) is 18.7 Å². The predicted octanol–water partition coefficient (Wildman–Crippen LogP) is 0.978. The van der Waals surface area contributed by atoms with E-state index >= 15 is 0 Å². The third kappa shape index (κ3) is 2.60. The van der Waals surface area contributed by atoms with E-state index in [0.29, 0.717) is 35.0 Å². The van der Waals surface area contributed by atoms with Crippen molar-refractivity contribution in [2.24, 2.45) is 0 Å². The third-order valence-electron chi connectivity index (χ3n) is 3.64. The van der Waals surface area contributed by atoms with E-state index in [0.717, 1.165) is 6.54 Å². The molecule has 0 unspecified atom stereocenters. The predicted molar refractivity (Wildman–Crippen MR) is 77.9 cm³/mol. The highest BCUT2D eigenvalue weighted by Gasteiger charge is 2.25. The van der Waals surface area contributed by atoms with Gasteiger partial charge in [0.2, 0.25) is 0 Å². The number of H-pyrrole nitrogens is 1. The third-order valence-corrected chi connectivity index (χ3v) is 3.64. The fraction of sp³-hybridized carbons (Fsp3) is 0.429. The van der Waals surface area contributed by atoms with E-state index < -0.39 is 0 Å².